The predicted molar refractivity (Wildman–Crippen MR) is 57.6 cm³/mol. The van der Waals surface area contributed by atoms with Crippen molar-refractivity contribution in [2.45, 2.75) is 19.4 Å². The molecule has 0 aliphatic carbocycles. The third-order valence-corrected chi connectivity index (χ3v) is 2.39. The predicted octanol–water partition coefficient (Wildman–Crippen LogP) is 2.04. The van der Waals surface area contributed by atoms with E-state index in [1.165, 1.54) is 5.56 Å². The van der Waals surface area contributed by atoms with E-state index < -0.39 is 0 Å². The summed E-state index contributed by atoms with van der Waals surface area (Å²) < 4.78 is 15.9. The minimum absolute atomic E-state index is 0.410. The van der Waals surface area contributed by atoms with Crippen LogP contribution in [0.25, 0.3) is 0 Å². The van der Waals surface area contributed by atoms with Crippen LogP contribution in [-0.2, 0) is 11.2 Å². The van der Waals surface area contributed by atoms with Crippen LogP contribution >= 0.6 is 0 Å². The van der Waals surface area contributed by atoms with Gasteiger partial charge in [-0.05, 0) is 24.6 Å². The second kappa shape index (κ2) is 4.53. The summed E-state index contributed by atoms with van der Waals surface area (Å²) in [4.78, 5) is 0. The van der Waals surface area contributed by atoms with Crippen LogP contribution in [-0.4, -0.2) is 26.4 Å². The van der Waals surface area contributed by atoms with Crippen molar-refractivity contribution in [3.63, 3.8) is 0 Å². The summed E-state index contributed by atoms with van der Waals surface area (Å²) >= 11 is 0. The van der Waals surface area contributed by atoms with Crippen molar-refractivity contribution < 1.29 is 14.2 Å². The normalized spacial score (nSPS) is 18.7. The lowest BCUT2D eigenvalue weighted by atomic mass is 10.1. The molecule has 1 aromatic rings. The van der Waals surface area contributed by atoms with Gasteiger partial charge < -0.3 is 14.2 Å². The van der Waals surface area contributed by atoms with E-state index in [2.05, 4.69) is 6.07 Å². The third kappa shape index (κ3) is 2.63. The molecule has 0 radical (unpaired) electrons. The van der Waals surface area contributed by atoms with Crippen LogP contribution in [0.15, 0.2) is 18.2 Å². The van der Waals surface area contributed by atoms with Gasteiger partial charge in [-0.3, -0.25) is 0 Å². The van der Waals surface area contributed by atoms with E-state index in [0.29, 0.717) is 12.7 Å². The fraction of sp³-hybridized carbons (Fsp3) is 0.500. The molecule has 2 rings (SSSR count). The van der Waals surface area contributed by atoms with Crippen molar-refractivity contribution >= 4 is 0 Å². The van der Waals surface area contributed by atoms with E-state index in [-0.39, 0.29) is 0 Å². The first-order valence-electron chi connectivity index (χ1n) is 5.24. The molecule has 15 heavy (non-hydrogen) atoms. The molecule has 1 heterocycles. The third-order valence-electron chi connectivity index (χ3n) is 2.39. The zero-order valence-electron chi connectivity index (χ0n) is 9.16. The second-order valence-corrected chi connectivity index (χ2v) is 3.58. The summed E-state index contributed by atoms with van der Waals surface area (Å²) in [6.07, 6.45) is 1.37. The Labute approximate surface area is 90.0 Å². The van der Waals surface area contributed by atoms with Gasteiger partial charge in [0.25, 0.3) is 0 Å². The quantitative estimate of drug-likeness (QED) is 0.694. The summed E-state index contributed by atoms with van der Waals surface area (Å²) in [6, 6.07) is 6.04. The monoisotopic (exact) mass is 208 g/mol. The fourth-order valence-corrected chi connectivity index (χ4v) is 1.56. The Bertz CT molecular complexity index is 332. The number of hydrogen-bond donors (Lipinski definition) is 0. The van der Waals surface area contributed by atoms with Crippen LogP contribution in [0.2, 0.25) is 0 Å². The van der Waals surface area contributed by atoms with Crippen LogP contribution in [0.3, 0.4) is 0 Å². The first kappa shape index (κ1) is 10.3. The molecular formula is C12H16O3. The van der Waals surface area contributed by atoms with Crippen molar-refractivity contribution in [2.24, 2.45) is 0 Å². The van der Waals surface area contributed by atoms with Crippen LogP contribution in [0.4, 0.5) is 0 Å². The van der Waals surface area contributed by atoms with Gasteiger partial charge >= 0.3 is 0 Å². The molecule has 1 fully saturated rings. The van der Waals surface area contributed by atoms with Gasteiger partial charge in [0, 0.05) is 6.42 Å². The van der Waals surface area contributed by atoms with Crippen molar-refractivity contribution in [3.05, 3.63) is 23.8 Å². The molecule has 0 N–H and O–H groups in total. The van der Waals surface area contributed by atoms with Crippen LogP contribution in [0.5, 0.6) is 11.5 Å². The number of methoxy groups -OCH3 is 1. The Balaban J connectivity index is 2.12. The molecule has 1 saturated heterocycles. The van der Waals surface area contributed by atoms with Crippen LogP contribution in [0, 0.1) is 0 Å². The average molecular weight is 208 g/mol. The molecule has 0 saturated carbocycles. The Hall–Kier alpha value is -1.22. The Morgan fingerprint density at radius 1 is 1.40 bits per heavy atom. The molecule has 0 amide bonds. The standard InChI is InChI=1S/C12H16O3/c1-3-14-11-5-4-9(6-10-8-15-10)7-12(11)13-2/h4-5,7,10H,3,6,8H2,1-2H3. The smallest absolute Gasteiger partial charge is 0.161 e. The molecule has 1 aliphatic rings. The number of benzene rings is 1. The zero-order valence-corrected chi connectivity index (χ0v) is 9.16. The van der Waals surface area contributed by atoms with Gasteiger partial charge in [0.2, 0.25) is 0 Å². The molecule has 0 bridgehead atoms. The van der Waals surface area contributed by atoms with Gasteiger partial charge in [-0.1, -0.05) is 6.07 Å². The summed E-state index contributed by atoms with van der Waals surface area (Å²) in [5.41, 5.74) is 1.23. The highest BCUT2D eigenvalue weighted by Gasteiger charge is 2.22. The van der Waals surface area contributed by atoms with Gasteiger partial charge in [-0.2, -0.15) is 0 Å². The Morgan fingerprint density at radius 2 is 2.20 bits per heavy atom. The van der Waals surface area contributed by atoms with E-state index in [1.54, 1.807) is 7.11 Å². The molecule has 1 unspecified atom stereocenters. The summed E-state index contributed by atoms with van der Waals surface area (Å²) in [7, 11) is 1.66. The second-order valence-electron chi connectivity index (χ2n) is 3.58. The maximum atomic E-state index is 5.45. The van der Waals surface area contributed by atoms with Crippen LogP contribution in [0.1, 0.15) is 12.5 Å². The van der Waals surface area contributed by atoms with Gasteiger partial charge in [0.15, 0.2) is 11.5 Å². The van der Waals surface area contributed by atoms with Crippen molar-refractivity contribution in [2.75, 3.05) is 20.3 Å². The Morgan fingerprint density at radius 3 is 2.80 bits per heavy atom. The molecule has 82 valence electrons. The van der Waals surface area contributed by atoms with Gasteiger partial charge in [-0.25, -0.2) is 0 Å². The van der Waals surface area contributed by atoms with E-state index in [0.717, 1.165) is 24.5 Å². The number of ether oxygens (including phenoxy) is 3. The highest BCUT2D eigenvalue weighted by Crippen LogP contribution is 2.29. The number of rotatable bonds is 5. The highest BCUT2D eigenvalue weighted by molar-refractivity contribution is 5.43. The van der Waals surface area contributed by atoms with Gasteiger partial charge in [0.05, 0.1) is 26.4 Å². The van der Waals surface area contributed by atoms with E-state index in [1.807, 2.05) is 19.1 Å². The van der Waals surface area contributed by atoms with Gasteiger partial charge in [-0.15, -0.1) is 0 Å². The molecule has 0 aromatic heterocycles. The van der Waals surface area contributed by atoms with E-state index >= 15 is 0 Å². The maximum absolute atomic E-state index is 5.45. The lowest BCUT2D eigenvalue weighted by molar-refractivity contribution is 0.310. The lowest BCUT2D eigenvalue weighted by Gasteiger charge is -2.10. The molecule has 3 heteroatoms. The topological polar surface area (TPSA) is 31.0 Å². The van der Waals surface area contributed by atoms with E-state index in [4.69, 9.17) is 14.2 Å². The minimum atomic E-state index is 0.410. The molecule has 1 aromatic carbocycles. The van der Waals surface area contributed by atoms with E-state index in [9.17, 15) is 0 Å². The first-order valence-corrected chi connectivity index (χ1v) is 5.24. The molecule has 3 nitrogen and oxygen atoms in total. The number of hydrogen-bond acceptors (Lipinski definition) is 3. The first-order chi connectivity index (χ1) is 7.33. The lowest BCUT2D eigenvalue weighted by Crippen LogP contribution is -1.98. The van der Waals surface area contributed by atoms with Crippen molar-refractivity contribution in [1.29, 1.82) is 0 Å². The van der Waals surface area contributed by atoms with Crippen molar-refractivity contribution in [3.8, 4) is 11.5 Å². The fourth-order valence-electron chi connectivity index (χ4n) is 1.56. The molecular weight excluding hydrogens is 192 g/mol. The van der Waals surface area contributed by atoms with Crippen molar-refractivity contribution in [1.82, 2.24) is 0 Å². The maximum Gasteiger partial charge on any atom is 0.161 e. The molecule has 0 spiro atoms. The van der Waals surface area contributed by atoms with Gasteiger partial charge in [0.1, 0.15) is 0 Å². The van der Waals surface area contributed by atoms with Crippen LogP contribution < -0.4 is 9.47 Å². The highest BCUT2D eigenvalue weighted by atomic mass is 16.6. The average Bonchev–Trinajstić information content (AvgIpc) is 3.04. The summed E-state index contributed by atoms with van der Waals surface area (Å²) in [5, 5.41) is 0. The number of epoxide rings is 1. The summed E-state index contributed by atoms with van der Waals surface area (Å²) in [6.45, 7) is 3.50. The molecule has 1 atom stereocenters. The SMILES string of the molecule is CCOc1ccc(CC2CO2)cc1OC. The largest absolute Gasteiger partial charge is 0.493 e. The zero-order chi connectivity index (χ0) is 10.7. The summed E-state index contributed by atoms with van der Waals surface area (Å²) in [5.74, 6) is 1.61. The Kier molecular flexibility index (Phi) is 3.11. The minimum Gasteiger partial charge on any atom is -0.493 e. The molecule has 1 aliphatic heterocycles.